The van der Waals surface area contributed by atoms with Crippen molar-refractivity contribution in [3.05, 3.63) is 57.0 Å². The summed E-state index contributed by atoms with van der Waals surface area (Å²) in [6, 6.07) is 7.21. The minimum absolute atomic E-state index is 0.106. The molecule has 0 atom stereocenters. The lowest BCUT2D eigenvalue weighted by molar-refractivity contribution is 0.0963. The molecule has 0 saturated carbocycles. The maximum atomic E-state index is 11.5. The van der Waals surface area contributed by atoms with Crippen LogP contribution in [-0.2, 0) is 6.54 Å². The number of aromatic amines is 1. The second kappa shape index (κ2) is 6.41. The molecule has 0 unspecified atom stereocenters. The molecule has 1 aromatic carbocycles. The molecule has 0 radical (unpaired) electrons. The van der Waals surface area contributed by atoms with Gasteiger partial charge in [-0.3, -0.25) is 9.59 Å². The minimum Gasteiger partial charge on any atom is -0.368 e. The van der Waals surface area contributed by atoms with Gasteiger partial charge >= 0.3 is 0 Å². The number of amides is 1. The number of hydrogen-bond donors (Lipinski definition) is 2. The molecule has 1 heterocycles. The predicted molar refractivity (Wildman–Crippen MR) is 81.8 cm³/mol. The van der Waals surface area contributed by atoms with E-state index in [1.165, 1.54) is 6.20 Å². The molecule has 1 aromatic heterocycles. The van der Waals surface area contributed by atoms with Crippen molar-refractivity contribution in [1.29, 1.82) is 0 Å². The van der Waals surface area contributed by atoms with E-state index in [2.05, 4.69) is 15.5 Å². The maximum Gasteiger partial charge on any atom is 0.285 e. The number of H-pyrrole nitrogens is 1. The van der Waals surface area contributed by atoms with Gasteiger partial charge in [0.25, 0.3) is 11.5 Å². The van der Waals surface area contributed by atoms with Crippen molar-refractivity contribution in [2.24, 2.45) is 0 Å². The van der Waals surface area contributed by atoms with Gasteiger partial charge in [-0.1, -0.05) is 23.7 Å². The van der Waals surface area contributed by atoms with Gasteiger partial charge in [-0.05, 0) is 17.7 Å². The molecule has 7 heteroatoms. The third kappa shape index (κ3) is 3.41. The van der Waals surface area contributed by atoms with Crippen LogP contribution in [0.5, 0.6) is 0 Å². The Labute approximate surface area is 126 Å². The molecule has 0 saturated heterocycles. The summed E-state index contributed by atoms with van der Waals surface area (Å²) in [5.41, 5.74) is 1.72. The summed E-state index contributed by atoms with van der Waals surface area (Å²) in [7, 11) is 3.40. The summed E-state index contributed by atoms with van der Waals surface area (Å²) < 4.78 is 0. The smallest absolute Gasteiger partial charge is 0.285 e. The number of hydrogen-bond acceptors (Lipinski definition) is 4. The number of nitrogens with one attached hydrogen (secondary N) is 2. The molecule has 0 aliphatic heterocycles. The molecule has 110 valence electrons. The van der Waals surface area contributed by atoms with Crippen molar-refractivity contribution >= 4 is 23.2 Å². The average molecular weight is 307 g/mol. The Morgan fingerprint density at radius 2 is 2.05 bits per heavy atom. The standard InChI is InChI=1S/C14H15ClN4O2/c1-16-13(20)10-5-3-9(4-6-10)8-19(2)11-7-17-18-14(21)12(11)15/h3-7H,8H2,1-2H3,(H,16,20)(H,18,21). The lowest BCUT2D eigenvalue weighted by Crippen LogP contribution is -2.21. The second-order valence-electron chi connectivity index (χ2n) is 4.53. The molecule has 2 aromatic rings. The van der Waals surface area contributed by atoms with Gasteiger partial charge in [0.15, 0.2) is 0 Å². The summed E-state index contributed by atoms with van der Waals surface area (Å²) in [6.07, 6.45) is 1.50. The van der Waals surface area contributed by atoms with Crippen LogP contribution in [0.4, 0.5) is 5.69 Å². The first kappa shape index (κ1) is 15.1. The van der Waals surface area contributed by atoms with Gasteiger partial charge in [0.1, 0.15) is 5.02 Å². The number of aromatic nitrogens is 2. The predicted octanol–water partition coefficient (Wildman–Crippen LogP) is 1.42. The van der Waals surface area contributed by atoms with Gasteiger partial charge < -0.3 is 10.2 Å². The van der Waals surface area contributed by atoms with E-state index in [0.717, 1.165) is 5.56 Å². The molecule has 0 aliphatic rings. The monoisotopic (exact) mass is 306 g/mol. The first-order valence-electron chi connectivity index (χ1n) is 6.28. The van der Waals surface area contributed by atoms with E-state index in [1.54, 1.807) is 19.2 Å². The quantitative estimate of drug-likeness (QED) is 0.895. The van der Waals surface area contributed by atoms with Gasteiger partial charge in [0.05, 0.1) is 11.9 Å². The van der Waals surface area contributed by atoms with E-state index in [-0.39, 0.29) is 10.9 Å². The first-order chi connectivity index (χ1) is 10.0. The van der Waals surface area contributed by atoms with Crippen molar-refractivity contribution in [2.75, 3.05) is 19.0 Å². The summed E-state index contributed by atoms with van der Waals surface area (Å²) in [5, 5.41) is 8.69. The molecule has 0 bridgehead atoms. The number of anilines is 1. The van der Waals surface area contributed by atoms with Crippen molar-refractivity contribution < 1.29 is 4.79 Å². The fraction of sp³-hybridized carbons (Fsp3) is 0.214. The number of carbonyl (C=O) groups is 1. The highest BCUT2D eigenvalue weighted by molar-refractivity contribution is 6.32. The number of carbonyl (C=O) groups excluding carboxylic acids is 1. The van der Waals surface area contributed by atoms with Crippen LogP contribution in [0.3, 0.4) is 0 Å². The third-order valence-electron chi connectivity index (χ3n) is 3.05. The molecule has 2 N–H and O–H groups in total. The number of nitrogens with zero attached hydrogens (tertiary/aromatic N) is 2. The van der Waals surface area contributed by atoms with Crippen LogP contribution in [0.25, 0.3) is 0 Å². The van der Waals surface area contributed by atoms with Crippen molar-refractivity contribution in [3.8, 4) is 0 Å². The van der Waals surface area contributed by atoms with Gasteiger partial charge in [-0.15, -0.1) is 0 Å². The van der Waals surface area contributed by atoms with E-state index in [1.807, 2.05) is 24.1 Å². The molecule has 1 amide bonds. The lowest BCUT2D eigenvalue weighted by atomic mass is 10.1. The Bertz CT molecular complexity index is 697. The minimum atomic E-state index is -0.420. The van der Waals surface area contributed by atoms with Crippen LogP contribution in [0.1, 0.15) is 15.9 Å². The normalized spacial score (nSPS) is 10.2. The number of rotatable bonds is 4. The van der Waals surface area contributed by atoms with Crippen LogP contribution in [0, 0.1) is 0 Å². The van der Waals surface area contributed by atoms with Gasteiger partial charge in [0, 0.05) is 26.2 Å². The van der Waals surface area contributed by atoms with E-state index >= 15 is 0 Å². The lowest BCUT2D eigenvalue weighted by Gasteiger charge is -2.19. The second-order valence-corrected chi connectivity index (χ2v) is 4.91. The Morgan fingerprint density at radius 3 is 2.67 bits per heavy atom. The van der Waals surface area contributed by atoms with Gasteiger partial charge in [-0.25, -0.2) is 5.10 Å². The van der Waals surface area contributed by atoms with Crippen molar-refractivity contribution in [1.82, 2.24) is 15.5 Å². The summed E-state index contributed by atoms with van der Waals surface area (Å²) in [4.78, 5) is 24.7. The Kier molecular flexibility index (Phi) is 4.59. The van der Waals surface area contributed by atoms with E-state index in [0.29, 0.717) is 17.8 Å². The first-order valence-corrected chi connectivity index (χ1v) is 6.66. The Morgan fingerprint density at radius 1 is 1.38 bits per heavy atom. The van der Waals surface area contributed by atoms with Gasteiger partial charge in [0.2, 0.25) is 0 Å². The molecule has 0 aliphatic carbocycles. The van der Waals surface area contributed by atoms with Crippen LogP contribution in [-0.4, -0.2) is 30.2 Å². The summed E-state index contributed by atoms with van der Waals surface area (Å²) in [6.45, 7) is 0.541. The van der Waals surface area contributed by atoms with E-state index < -0.39 is 5.56 Å². The van der Waals surface area contributed by atoms with Crippen molar-refractivity contribution in [2.45, 2.75) is 6.54 Å². The topological polar surface area (TPSA) is 78.1 Å². The third-order valence-corrected chi connectivity index (χ3v) is 3.42. The SMILES string of the molecule is CNC(=O)c1ccc(CN(C)c2cn[nH]c(=O)c2Cl)cc1. The fourth-order valence-corrected chi connectivity index (χ4v) is 2.14. The summed E-state index contributed by atoms with van der Waals surface area (Å²) in [5.74, 6) is -0.128. The van der Waals surface area contributed by atoms with Crippen LogP contribution in [0.15, 0.2) is 35.3 Å². The van der Waals surface area contributed by atoms with Crippen LogP contribution >= 0.6 is 11.6 Å². The number of benzene rings is 1. The molecule has 0 fully saturated rings. The highest BCUT2D eigenvalue weighted by atomic mass is 35.5. The average Bonchev–Trinajstić information content (AvgIpc) is 2.50. The van der Waals surface area contributed by atoms with Gasteiger partial charge in [-0.2, -0.15) is 5.10 Å². The fourth-order valence-electron chi connectivity index (χ4n) is 1.91. The van der Waals surface area contributed by atoms with E-state index in [4.69, 9.17) is 11.6 Å². The molecule has 21 heavy (non-hydrogen) atoms. The molecule has 6 nitrogen and oxygen atoms in total. The van der Waals surface area contributed by atoms with Crippen LogP contribution < -0.4 is 15.8 Å². The van der Waals surface area contributed by atoms with Crippen molar-refractivity contribution in [3.63, 3.8) is 0 Å². The maximum absolute atomic E-state index is 11.5. The van der Waals surface area contributed by atoms with Crippen LogP contribution in [0.2, 0.25) is 5.02 Å². The zero-order valence-electron chi connectivity index (χ0n) is 11.7. The Hall–Kier alpha value is -2.34. The Balaban J connectivity index is 2.16. The molecule has 2 rings (SSSR count). The summed E-state index contributed by atoms with van der Waals surface area (Å²) >= 11 is 5.96. The number of halogens is 1. The zero-order valence-corrected chi connectivity index (χ0v) is 12.4. The molecular formula is C14H15ClN4O2. The zero-order chi connectivity index (χ0) is 15.4. The highest BCUT2D eigenvalue weighted by Gasteiger charge is 2.10. The molecule has 0 spiro atoms. The molecular weight excluding hydrogens is 292 g/mol. The largest absolute Gasteiger partial charge is 0.368 e. The highest BCUT2D eigenvalue weighted by Crippen LogP contribution is 2.20. The van der Waals surface area contributed by atoms with E-state index in [9.17, 15) is 9.59 Å².